The number of nitrogens with zero attached hydrogens (tertiary/aromatic N) is 1. The van der Waals surface area contributed by atoms with Crippen LogP contribution in [0.2, 0.25) is 0 Å². The van der Waals surface area contributed by atoms with E-state index in [9.17, 15) is 26.3 Å². The maximum absolute atomic E-state index is 12.8. The van der Waals surface area contributed by atoms with Gasteiger partial charge in [0.05, 0.1) is 22.8 Å². The van der Waals surface area contributed by atoms with Crippen molar-refractivity contribution in [2.75, 3.05) is 0 Å². The van der Waals surface area contributed by atoms with Crippen LogP contribution < -0.4 is 4.74 Å². The van der Waals surface area contributed by atoms with Crippen molar-refractivity contribution in [3.05, 3.63) is 59.2 Å². The molecule has 0 heterocycles. The lowest BCUT2D eigenvalue weighted by atomic mass is 10.1. The molecule has 0 radical (unpaired) electrons. The minimum Gasteiger partial charge on any atom is -0.457 e. The highest BCUT2D eigenvalue weighted by atomic mass is 19.4. The first-order valence-electron chi connectivity index (χ1n) is 6.08. The van der Waals surface area contributed by atoms with Gasteiger partial charge < -0.3 is 4.74 Å². The van der Waals surface area contributed by atoms with Crippen LogP contribution >= 0.6 is 0 Å². The van der Waals surface area contributed by atoms with E-state index in [0.29, 0.717) is 6.07 Å². The number of hydrogen-bond donors (Lipinski definition) is 0. The summed E-state index contributed by atoms with van der Waals surface area (Å²) in [5.74, 6) is -1.08. The average molecular weight is 331 g/mol. The number of rotatable bonds is 2. The molecule has 0 unspecified atom stereocenters. The number of alkyl halides is 6. The lowest BCUT2D eigenvalue weighted by molar-refractivity contribution is -0.139. The largest absolute Gasteiger partial charge is 0.457 e. The lowest BCUT2D eigenvalue weighted by Crippen LogP contribution is -2.09. The molecule has 0 spiro atoms. The molecule has 0 aliphatic heterocycles. The van der Waals surface area contributed by atoms with Crippen LogP contribution in [0, 0.1) is 11.3 Å². The molecule has 0 saturated carbocycles. The van der Waals surface area contributed by atoms with Crippen LogP contribution in [-0.4, -0.2) is 0 Å². The van der Waals surface area contributed by atoms with Gasteiger partial charge in [-0.3, -0.25) is 0 Å². The highest BCUT2D eigenvalue weighted by Crippen LogP contribution is 2.39. The van der Waals surface area contributed by atoms with Gasteiger partial charge in [0.2, 0.25) is 0 Å². The quantitative estimate of drug-likeness (QED) is 0.691. The molecule has 120 valence electrons. The Hall–Kier alpha value is -2.69. The maximum Gasteiger partial charge on any atom is 0.419 e. The second-order valence-corrected chi connectivity index (χ2v) is 4.41. The van der Waals surface area contributed by atoms with Crippen LogP contribution in [0.1, 0.15) is 16.7 Å². The van der Waals surface area contributed by atoms with Crippen molar-refractivity contribution >= 4 is 0 Å². The predicted molar refractivity (Wildman–Crippen MR) is 67.7 cm³/mol. The van der Waals surface area contributed by atoms with Gasteiger partial charge in [-0.25, -0.2) is 0 Å². The van der Waals surface area contributed by atoms with Crippen molar-refractivity contribution in [3.63, 3.8) is 0 Å². The normalized spacial score (nSPS) is 11.9. The van der Waals surface area contributed by atoms with Crippen LogP contribution in [-0.2, 0) is 12.4 Å². The van der Waals surface area contributed by atoms with Gasteiger partial charge >= 0.3 is 12.4 Å². The summed E-state index contributed by atoms with van der Waals surface area (Å²) in [6.07, 6.45) is -9.54. The second-order valence-electron chi connectivity index (χ2n) is 4.41. The topological polar surface area (TPSA) is 33.0 Å². The van der Waals surface area contributed by atoms with Crippen molar-refractivity contribution in [1.29, 1.82) is 5.26 Å². The number of nitriles is 1. The zero-order chi connectivity index (χ0) is 17.3. The number of hydrogen-bond acceptors (Lipinski definition) is 2. The molecule has 0 atom stereocenters. The zero-order valence-corrected chi connectivity index (χ0v) is 11.2. The zero-order valence-electron chi connectivity index (χ0n) is 11.2. The van der Waals surface area contributed by atoms with Gasteiger partial charge in [0, 0.05) is 0 Å². The highest BCUT2D eigenvalue weighted by molar-refractivity contribution is 5.46. The minimum atomic E-state index is -4.83. The van der Waals surface area contributed by atoms with Crippen molar-refractivity contribution < 1.29 is 31.1 Å². The fourth-order valence-corrected chi connectivity index (χ4v) is 1.84. The van der Waals surface area contributed by atoms with Gasteiger partial charge in [-0.2, -0.15) is 31.6 Å². The van der Waals surface area contributed by atoms with Crippen LogP contribution in [0.5, 0.6) is 11.5 Å². The molecular weight excluding hydrogens is 324 g/mol. The molecule has 8 heteroatoms. The van der Waals surface area contributed by atoms with Gasteiger partial charge in [-0.1, -0.05) is 12.1 Å². The van der Waals surface area contributed by atoms with Crippen molar-refractivity contribution in [2.45, 2.75) is 12.4 Å². The monoisotopic (exact) mass is 331 g/mol. The summed E-state index contributed by atoms with van der Waals surface area (Å²) >= 11 is 0. The summed E-state index contributed by atoms with van der Waals surface area (Å²) in [5, 5.41) is 8.67. The van der Waals surface area contributed by atoms with Crippen molar-refractivity contribution in [1.82, 2.24) is 0 Å². The van der Waals surface area contributed by atoms with E-state index < -0.39 is 40.5 Å². The lowest BCUT2D eigenvalue weighted by Gasteiger charge is -2.15. The van der Waals surface area contributed by atoms with E-state index in [2.05, 4.69) is 0 Å². The number of ether oxygens (including phenoxy) is 1. The molecule has 0 aliphatic carbocycles. The Morgan fingerprint density at radius 1 is 0.826 bits per heavy atom. The minimum absolute atomic E-state index is 0.451. The van der Waals surface area contributed by atoms with Gasteiger partial charge in [0.25, 0.3) is 0 Å². The Bertz CT molecular complexity index is 758. The van der Waals surface area contributed by atoms with Gasteiger partial charge in [-0.05, 0) is 30.3 Å². The molecule has 0 N–H and O–H groups in total. The molecule has 0 saturated heterocycles. The Labute approximate surface area is 126 Å². The predicted octanol–water partition coefficient (Wildman–Crippen LogP) is 5.39. The number of halogens is 6. The van der Waals surface area contributed by atoms with Gasteiger partial charge in [0.15, 0.2) is 0 Å². The highest BCUT2D eigenvalue weighted by Gasteiger charge is 2.36. The first kappa shape index (κ1) is 16.7. The second kappa shape index (κ2) is 5.83. The van der Waals surface area contributed by atoms with Crippen LogP contribution in [0.15, 0.2) is 42.5 Å². The van der Waals surface area contributed by atoms with E-state index in [1.165, 1.54) is 12.1 Å². The number of para-hydroxylation sites is 1. The molecular formula is C15H7F6NO. The smallest absolute Gasteiger partial charge is 0.419 e. The maximum atomic E-state index is 12.8. The molecule has 0 aromatic heterocycles. The standard InChI is InChI=1S/C15H7F6NO/c16-14(17,18)11-3-1-2-4-13(11)23-10-6-5-9(8-22)12(7-10)15(19,20)21/h1-7H. The van der Waals surface area contributed by atoms with E-state index in [0.717, 1.165) is 30.3 Å². The fourth-order valence-electron chi connectivity index (χ4n) is 1.84. The molecule has 0 amide bonds. The summed E-state index contributed by atoms with van der Waals surface area (Å²) < 4.78 is 82.0. The van der Waals surface area contributed by atoms with Crippen LogP contribution in [0.4, 0.5) is 26.3 Å². The first-order valence-corrected chi connectivity index (χ1v) is 6.08. The fraction of sp³-hybridized carbons (Fsp3) is 0.133. The van der Waals surface area contributed by atoms with Crippen LogP contribution in [0.25, 0.3) is 0 Å². The molecule has 2 aromatic carbocycles. The van der Waals surface area contributed by atoms with E-state index in [1.807, 2.05) is 0 Å². The van der Waals surface area contributed by atoms with E-state index in [-0.39, 0.29) is 0 Å². The van der Waals surface area contributed by atoms with Gasteiger partial charge in [-0.15, -0.1) is 0 Å². The molecule has 23 heavy (non-hydrogen) atoms. The molecule has 2 rings (SSSR count). The summed E-state index contributed by atoms with van der Waals surface area (Å²) in [6.45, 7) is 0. The Morgan fingerprint density at radius 3 is 2.00 bits per heavy atom. The van der Waals surface area contributed by atoms with E-state index >= 15 is 0 Å². The summed E-state index contributed by atoms with van der Waals surface area (Å²) in [5.41, 5.74) is -3.03. The third-order valence-corrected chi connectivity index (χ3v) is 2.84. The van der Waals surface area contributed by atoms with E-state index in [4.69, 9.17) is 10.00 Å². The Morgan fingerprint density at radius 2 is 1.43 bits per heavy atom. The van der Waals surface area contributed by atoms with Crippen LogP contribution in [0.3, 0.4) is 0 Å². The Kier molecular flexibility index (Phi) is 4.23. The summed E-state index contributed by atoms with van der Waals surface area (Å²) in [7, 11) is 0. The average Bonchev–Trinajstić information content (AvgIpc) is 2.46. The third-order valence-electron chi connectivity index (χ3n) is 2.84. The van der Waals surface area contributed by atoms with E-state index in [1.54, 1.807) is 0 Å². The first-order chi connectivity index (χ1) is 10.6. The molecule has 2 nitrogen and oxygen atoms in total. The molecule has 0 fully saturated rings. The third kappa shape index (κ3) is 3.74. The van der Waals surface area contributed by atoms with Crippen molar-refractivity contribution in [3.8, 4) is 17.6 Å². The molecule has 0 aliphatic rings. The number of benzene rings is 2. The van der Waals surface area contributed by atoms with Gasteiger partial charge in [0.1, 0.15) is 11.5 Å². The SMILES string of the molecule is N#Cc1ccc(Oc2ccccc2C(F)(F)F)cc1C(F)(F)F. The summed E-state index contributed by atoms with van der Waals surface area (Å²) in [6, 6.07) is 7.85. The molecule has 2 aromatic rings. The Balaban J connectivity index is 2.45. The van der Waals surface area contributed by atoms with Crippen molar-refractivity contribution in [2.24, 2.45) is 0 Å². The molecule has 0 bridgehead atoms. The summed E-state index contributed by atoms with van der Waals surface area (Å²) in [4.78, 5) is 0.